The van der Waals surface area contributed by atoms with Crippen molar-refractivity contribution in [3.63, 3.8) is 0 Å². The lowest BCUT2D eigenvalue weighted by atomic mass is 10.1. The van der Waals surface area contributed by atoms with E-state index in [4.69, 9.17) is 38.9 Å². The van der Waals surface area contributed by atoms with Gasteiger partial charge in [-0.05, 0) is 35.4 Å². The van der Waals surface area contributed by atoms with Gasteiger partial charge in [-0.1, -0.05) is 18.2 Å². The lowest BCUT2D eigenvalue weighted by molar-refractivity contribution is 0.266. The second-order valence-electron chi connectivity index (χ2n) is 6.48. The zero-order valence-electron chi connectivity index (χ0n) is 19.6. The van der Waals surface area contributed by atoms with Crippen LogP contribution in [0.15, 0.2) is 30.3 Å². The molecule has 0 atom stereocenters. The molecule has 0 saturated heterocycles. The van der Waals surface area contributed by atoms with Crippen molar-refractivity contribution in [1.82, 2.24) is 5.32 Å². The molecule has 0 saturated carbocycles. The number of ether oxygens (including phenoxy) is 4. The molecule has 0 aliphatic carbocycles. The maximum absolute atomic E-state index is 11.1. The molecule has 0 aromatic heterocycles. The topological polar surface area (TPSA) is 156 Å². The van der Waals surface area contributed by atoms with Crippen molar-refractivity contribution in [3.8, 4) is 28.7 Å². The predicted molar refractivity (Wildman–Crippen MR) is 128 cm³/mol. The van der Waals surface area contributed by atoms with Gasteiger partial charge in [0.15, 0.2) is 23.0 Å². The van der Waals surface area contributed by atoms with Gasteiger partial charge in [0.05, 0.1) is 41.7 Å². The second-order valence-corrected chi connectivity index (χ2v) is 7.65. The molecule has 34 heavy (non-hydrogen) atoms. The van der Waals surface area contributed by atoms with Crippen LogP contribution in [0.3, 0.4) is 0 Å². The molecule has 11 nitrogen and oxygen atoms in total. The summed E-state index contributed by atoms with van der Waals surface area (Å²) in [4.78, 5) is 18.1. The highest BCUT2D eigenvalue weighted by Gasteiger charge is 2.19. The molecule has 0 amide bonds. The van der Waals surface area contributed by atoms with Crippen LogP contribution in [-0.4, -0.2) is 74.7 Å². The highest BCUT2D eigenvalue weighted by molar-refractivity contribution is 7.46. The molecule has 190 valence electrons. The minimum Gasteiger partial charge on any atom is -0.493 e. The van der Waals surface area contributed by atoms with Crippen LogP contribution in [0.1, 0.15) is 11.1 Å². The smallest absolute Gasteiger partial charge is 0.493 e. The SMILES string of the molecule is COc1ccc(/C=C\c2cc(OC)c(OC)c(OC)c2)cc1OP(=O)(O)O.OCCNCCO. The van der Waals surface area contributed by atoms with Gasteiger partial charge in [0.2, 0.25) is 5.75 Å². The Bertz CT molecular complexity index is 932. The number of hydrogen-bond donors (Lipinski definition) is 5. The van der Waals surface area contributed by atoms with E-state index in [1.165, 1.54) is 34.5 Å². The van der Waals surface area contributed by atoms with Gasteiger partial charge >= 0.3 is 7.82 Å². The van der Waals surface area contributed by atoms with Crippen LogP contribution in [0.2, 0.25) is 0 Å². The van der Waals surface area contributed by atoms with Crippen LogP contribution in [0, 0.1) is 0 Å². The van der Waals surface area contributed by atoms with Crippen molar-refractivity contribution in [2.75, 3.05) is 54.7 Å². The quantitative estimate of drug-likeness (QED) is 0.164. The highest BCUT2D eigenvalue weighted by atomic mass is 31.2. The van der Waals surface area contributed by atoms with Crippen molar-refractivity contribution in [2.24, 2.45) is 0 Å². The molecular formula is C22H32NO10P. The van der Waals surface area contributed by atoms with Crippen molar-refractivity contribution >= 4 is 20.0 Å². The Morgan fingerprint density at radius 1 is 0.765 bits per heavy atom. The highest BCUT2D eigenvalue weighted by Crippen LogP contribution is 2.42. The van der Waals surface area contributed by atoms with Gasteiger partial charge in [0.1, 0.15) is 0 Å². The normalized spacial score (nSPS) is 10.9. The first-order valence-electron chi connectivity index (χ1n) is 10.1. The fourth-order valence-electron chi connectivity index (χ4n) is 2.67. The maximum atomic E-state index is 11.1. The lowest BCUT2D eigenvalue weighted by Crippen LogP contribution is -2.21. The van der Waals surface area contributed by atoms with E-state index < -0.39 is 7.82 Å². The summed E-state index contributed by atoms with van der Waals surface area (Å²) in [6.45, 7) is 1.42. The molecule has 2 rings (SSSR count). The number of nitrogens with one attached hydrogen (secondary N) is 1. The first-order valence-corrected chi connectivity index (χ1v) is 11.6. The van der Waals surface area contributed by atoms with Crippen molar-refractivity contribution in [2.45, 2.75) is 0 Å². The summed E-state index contributed by atoms with van der Waals surface area (Å²) in [7, 11) is 1.26. The minimum absolute atomic E-state index is 0.0575. The van der Waals surface area contributed by atoms with Gasteiger partial charge in [-0.2, -0.15) is 0 Å². The van der Waals surface area contributed by atoms with Crippen LogP contribution in [0.4, 0.5) is 0 Å². The number of aliphatic hydroxyl groups excluding tert-OH is 2. The van der Waals surface area contributed by atoms with Gasteiger partial charge in [-0.3, -0.25) is 9.79 Å². The number of hydrogen-bond acceptors (Lipinski definition) is 9. The summed E-state index contributed by atoms with van der Waals surface area (Å²) in [6.07, 6.45) is 3.53. The Labute approximate surface area is 198 Å². The van der Waals surface area contributed by atoms with Gasteiger partial charge in [-0.25, -0.2) is 4.57 Å². The zero-order chi connectivity index (χ0) is 25.6. The largest absolute Gasteiger partial charge is 0.524 e. The van der Waals surface area contributed by atoms with Gasteiger partial charge < -0.3 is 39.0 Å². The molecule has 0 aliphatic rings. The van der Waals surface area contributed by atoms with E-state index >= 15 is 0 Å². The van der Waals surface area contributed by atoms with Crippen LogP contribution in [0.25, 0.3) is 12.2 Å². The average Bonchev–Trinajstić information content (AvgIpc) is 2.81. The monoisotopic (exact) mass is 501 g/mol. The number of benzene rings is 2. The third-order valence-electron chi connectivity index (χ3n) is 4.14. The Morgan fingerprint density at radius 3 is 1.71 bits per heavy atom. The Hall–Kier alpha value is -2.79. The molecule has 0 heterocycles. The molecule has 5 N–H and O–H groups in total. The molecule has 0 fully saturated rings. The Kier molecular flexibility index (Phi) is 13.1. The summed E-state index contributed by atoms with van der Waals surface area (Å²) in [5, 5.41) is 19.1. The Morgan fingerprint density at radius 2 is 1.26 bits per heavy atom. The second kappa shape index (κ2) is 15.2. The summed E-state index contributed by atoms with van der Waals surface area (Å²) in [5.41, 5.74) is 1.42. The van der Waals surface area contributed by atoms with Crippen molar-refractivity contribution in [1.29, 1.82) is 0 Å². The lowest BCUT2D eigenvalue weighted by Gasteiger charge is -2.13. The first-order chi connectivity index (χ1) is 16.2. The molecular weight excluding hydrogens is 469 g/mol. The van der Waals surface area contributed by atoms with Crippen LogP contribution in [0.5, 0.6) is 28.7 Å². The van der Waals surface area contributed by atoms with Gasteiger partial charge in [-0.15, -0.1) is 0 Å². The molecule has 12 heteroatoms. The number of aliphatic hydroxyl groups is 2. The van der Waals surface area contributed by atoms with Crippen molar-refractivity contribution < 1.29 is 48.0 Å². The average molecular weight is 501 g/mol. The fourth-order valence-corrected chi connectivity index (χ4v) is 3.07. The molecule has 0 aliphatic heterocycles. The number of phosphoric ester groups is 1. The third kappa shape index (κ3) is 10.0. The number of methoxy groups -OCH3 is 4. The summed E-state index contributed by atoms with van der Waals surface area (Å²) in [6, 6.07) is 8.29. The molecule has 0 bridgehead atoms. The van der Waals surface area contributed by atoms with E-state index in [-0.39, 0.29) is 24.7 Å². The minimum atomic E-state index is -4.71. The summed E-state index contributed by atoms with van der Waals surface area (Å²) < 4.78 is 36.8. The Balaban J connectivity index is 0.000000718. The van der Waals surface area contributed by atoms with E-state index in [0.717, 1.165) is 5.56 Å². The van der Waals surface area contributed by atoms with Crippen LogP contribution < -0.4 is 28.8 Å². The standard InChI is InChI=1S/C18H21O8P.C4H11NO2/c1-22-14-8-7-12(9-15(14)26-27(19,20)21)5-6-13-10-16(23-2)18(25-4)17(11-13)24-3;6-3-1-5-2-4-7/h5-11H,1-4H3,(H2,19,20,21);5-7H,1-4H2/b6-5-;. The summed E-state index contributed by atoms with van der Waals surface area (Å²) >= 11 is 0. The van der Waals surface area contributed by atoms with Crippen LogP contribution in [-0.2, 0) is 4.57 Å². The predicted octanol–water partition coefficient (Wildman–Crippen LogP) is 1.92. The van der Waals surface area contributed by atoms with Crippen molar-refractivity contribution in [3.05, 3.63) is 41.5 Å². The number of phosphoric acid groups is 1. The van der Waals surface area contributed by atoms with Crippen LogP contribution >= 0.6 is 7.82 Å². The molecule has 0 unspecified atom stereocenters. The van der Waals surface area contributed by atoms with Gasteiger partial charge in [0.25, 0.3) is 0 Å². The summed E-state index contributed by atoms with van der Waals surface area (Å²) in [5.74, 6) is 1.66. The number of rotatable bonds is 12. The van der Waals surface area contributed by atoms with E-state index in [1.807, 2.05) is 0 Å². The molecule has 2 aromatic rings. The maximum Gasteiger partial charge on any atom is 0.524 e. The van der Waals surface area contributed by atoms with E-state index in [1.54, 1.807) is 36.4 Å². The molecule has 0 radical (unpaired) electrons. The third-order valence-corrected chi connectivity index (χ3v) is 4.57. The van der Waals surface area contributed by atoms with E-state index in [0.29, 0.717) is 35.9 Å². The van der Waals surface area contributed by atoms with E-state index in [9.17, 15) is 4.57 Å². The molecule has 2 aromatic carbocycles. The fraction of sp³-hybridized carbons (Fsp3) is 0.364. The zero-order valence-corrected chi connectivity index (χ0v) is 20.4. The van der Waals surface area contributed by atoms with Gasteiger partial charge in [0, 0.05) is 13.1 Å². The first kappa shape index (κ1) is 29.2. The molecule has 0 spiro atoms. The van der Waals surface area contributed by atoms with E-state index in [2.05, 4.69) is 9.84 Å².